The Morgan fingerprint density at radius 3 is 2.84 bits per heavy atom. The summed E-state index contributed by atoms with van der Waals surface area (Å²) in [5.41, 5.74) is 1.03. The predicted octanol–water partition coefficient (Wildman–Crippen LogP) is 4.31. The lowest BCUT2D eigenvalue weighted by Gasteiger charge is -2.44. The number of fused-ring (bicyclic) bond motifs is 1. The Morgan fingerprint density at radius 1 is 1.26 bits per heavy atom. The molecule has 1 fully saturated rings. The highest BCUT2D eigenvalue weighted by molar-refractivity contribution is 5.77. The third-order valence-electron chi connectivity index (χ3n) is 4.48. The van der Waals surface area contributed by atoms with Crippen LogP contribution in [-0.2, 0) is 0 Å². The van der Waals surface area contributed by atoms with Gasteiger partial charge in [0.25, 0.3) is 0 Å². The molecule has 3 unspecified atom stereocenters. The van der Waals surface area contributed by atoms with Crippen molar-refractivity contribution in [1.82, 2.24) is 5.32 Å². The predicted molar refractivity (Wildman–Crippen MR) is 79.4 cm³/mol. The molecule has 3 atom stereocenters. The summed E-state index contributed by atoms with van der Waals surface area (Å²) in [5, 5.41) is 4.90. The fourth-order valence-corrected chi connectivity index (χ4v) is 3.35. The average Bonchev–Trinajstić information content (AvgIpc) is 2.81. The van der Waals surface area contributed by atoms with Crippen LogP contribution in [0.25, 0.3) is 11.0 Å². The van der Waals surface area contributed by atoms with Crippen LogP contribution >= 0.6 is 0 Å². The van der Waals surface area contributed by atoms with Crippen LogP contribution in [0.15, 0.2) is 34.7 Å². The molecule has 2 nitrogen and oxygen atoms in total. The van der Waals surface area contributed by atoms with Crippen LogP contribution in [-0.4, -0.2) is 12.6 Å². The molecule has 0 saturated heterocycles. The lowest BCUT2D eigenvalue weighted by atomic mass is 9.66. The van der Waals surface area contributed by atoms with E-state index >= 15 is 0 Å². The Morgan fingerprint density at radius 2 is 2.11 bits per heavy atom. The smallest absolute Gasteiger partial charge is 0.134 e. The van der Waals surface area contributed by atoms with Gasteiger partial charge in [0, 0.05) is 17.3 Å². The first-order valence-corrected chi connectivity index (χ1v) is 7.55. The van der Waals surface area contributed by atoms with Crippen LogP contribution in [0.1, 0.15) is 44.8 Å². The minimum atomic E-state index is 0.603. The number of rotatable bonds is 5. The van der Waals surface area contributed by atoms with Gasteiger partial charge in [-0.05, 0) is 37.4 Å². The van der Waals surface area contributed by atoms with Crippen LogP contribution in [0.4, 0.5) is 0 Å². The zero-order valence-corrected chi connectivity index (χ0v) is 11.9. The van der Waals surface area contributed by atoms with Crippen LogP contribution in [0.3, 0.4) is 0 Å². The topological polar surface area (TPSA) is 25.2 Å². The molecule has 0 spiro atoms. The molecule has 0 aliphatic heterocycles. The first kappa shape index (κ1) is 12.7. The minimum absolute atomic E-state index is 0.603. The zero-order valence-electron chi connectivity index (χ0n) is 11.9. The van der Waals surface area contributed by atoms with Gasteiger partial charge in [-0.15, -0.1) is 0 Å². The molecule has 0 amide bonds. The quantitative estimate of drug-likeness (QED) is 0.863. The lowest BCUT2D eigenvalue weighted by Crippen LogP contribution is -2.49. The Kier molecular flexibility index (Phi) is 3.61. The summed E-state index contributed by atoms with van der Waals surface area (Å²) in [4.78, 5) is 0. The van der Waals surface area contributed by atoms with Gasteiger partial charge in [0.1, 0.15) is 11.3 Å². The summed E-state index contributed by atoms with van der Waals surface area (Å²) >= 11 is 0. The van der Waals surface area contributed by atoms with Crippen molar-refractivity contribution < 1.29 is 4.42 Å². The molecule has 19 heavy (non-hydrogen) atoms. The van der Waals surface area contributed by atoms with Crippen molar-refractivity contribution in [3.8, 4) is 0 Å². The van der Waals surface area contributed by atoms with E-state index in [2.05, 4.69) is 43.4 Å². The van der Waals surface area contributed by atoms with E-state index in [1.165, 1.54) is 30.4 Å². The van der Waals surface area contributed by atoms with Crippen molar-refractivity contribution >= 4 is 11.0 Å². The third kappa shape index (κ3) is 2.30. The molecule has 1 aromatic heterocycles. The highest BCUT2D eigenvalue weighted by Gasteiger charge is 2.41. The number of furan rings is 1. The van der Waals surface area contributed by atoms with E-state index in [9.17, 15) is 0 Å². The largest absolute Gasteiger partial charge is 0.461 e. The van der Waals surface area contributed by atoms with Gasteiger partial charge in [-0.2, -0.15) is 0 Å². The molecular formula is C17H23NO. The molecule has 102 valence electrons. The molecule has 2 heteroatoms. The number of para-hydroxylation sites is 1. The van der Waals surface area contributed by atoms with Crippen LogP contribution in [0, 0.1) is 5.92 Å². The maximum Gasteiger partial charge on any atom is 0.134 e. The second-order valence-electron chi connectivity index (χ2n) is 5.66. The highest BCUT2D eigenvalue weighted by atomic mass is 16.3. The number of benzene rings is 1. The summed E-state index contributed by atoms with van der Waals surface area (Å²) in [6.45, 7) is 5.65. The van der Waals surface area contributed by atoms with E-state index in [-0.39, 0.29) is 0 Å². The number of hydrogen-bond donors (Lipinski definition) is 1. The van der Waals surface area contributed by atoms with Crippen molar-refractivity contribution in [3.63, 3.8) is 0 Å². The molecule has 0 radical (unpaired) electrons. The van der Waals surface area contributed by atoms with Crippen molar-refractivity contribution in [2.75, 3.05) is 6.54 Å². The van der Waals surface area contributed by atoms with Gasteiger partial charge in [0.05, 0.1) is 0 Å². The average molecular weight is 257 g/mol. The van der Waals surface area contributed by atoms with Gasteiger partial charge in [-0.25, -0.2) is 0 Å². The van der Waals surface area contributed by atoms with E-state index in [0.717, 1.165) is 18.0 Å². The molecule has 1 aliphatic rings. The van der Waals surface area contributed by atoms with Gasteiger partial charge in [-0.3, -0.25) is 0 Å². The first-order valence-electron chi connectivity index (χ1n) is 7.55. The first-order chi connectivity index (χ1) is 9.33. The minimum Gasteiger partial charge on any atom is -0.461 e. The molecule has 1 heterocycles. The lowest BCUT2D eigenvalue weighted by molar-refractivity contribution is 0.143. The van der Waals surface area contributed by atoms with Crippen molar-refractivity contribution in [3.05, 3.63) is 36.1 Å². The fraction of sp³-hybridized carbons (Fsp3) is 0.529. The number of nitrogens with one attached hydrogen (secondary N) is 1. The SMILES string of the molecule is CCCNC1CC(c2cc3ccccc3o2)C1CC. The molecule has 1 aromatic carbocycles. The highest BCUT2D eigenvalue weighted by Crippen LogP contribution is 2.45. The molecule has 1 saturated carbocycles. The molecule has 1 aliphatic carbocycles. The van der Waals surface area contributed by atoms with Gasteiger partial charge >= 0.3 is 0 Å². The fourth-order valence-electron chi connectivity index (χ4n) is 3.35. The maximum absolute atomic E-state index is 6.03. The summed E-state index contributed by atoms with van der Waals surface area (Å²) in [7, 11) is 0. The molecule has 3 rings (SSSR count). The van der Waals surface area contributed by atoms with Gasteiger partial charge in [0.15, 0.2) is 0 Å². The summed E-state index contributed by atoms with van der Waals surface area (Å²) in [6, 6.07) is 11.2. The Bertz CT molecular complexity index is 512. The van der Waals surface area contributed by atoms with Gasteiger partial charge in [-0.1, -0.05) is 38.5 Å². The Balaban J connectivity index is 1.75. The summed E-state index contributed by atoms with van der Waals surface area (Å²) < 4.78 is 6.03. The van der Waals surface area contributed by atoms with E-state index in [1.54, 1.807) is 0 Å². The second-order valence-corrected chi connectivity index (χ2v) is 5.66. The van der Waals surface area contributed by atoms with Crippen LogP contribution < -0.4 is 5.32 Å². The van der Waals surface area contributed by atoms with Crippen molar-refractivity contribution in [2.45, 2.75) is 45.1 Å². The summed E-state index contributed by atoms with van der Waals surface area (Å²) in [6.07, 6.45) is 3.66. The van der Waals surface area contributed by atoms with E-state index in [4.69, 9.17) is 4.42 Å². The Labute approximate surface area is 115 Å². The van der Waals surface area contributed by atoms with E-state index in [1.807, 2.05) is 6.07 Å². The third-order valence-corrected chi connectivity index (χ3v) is 4.48. The Hall–Kier alpha value is -1.28. The van der Waals surface area contributed by atoms with Crippen LogP contribution in [0.2, 0.25) is 0 Å². The molecular weight excluding hydrogens is 234 g/mol. The summed E-state index contributed by atoms with van der Waals surface area (Å²) in [5.74, 6) is 2.52. The van der Waals surface area contributed by atoms with Crippen molar-refractivity contribution in [1.29, 1.82) is 0 Å². The zero-order chi connectivity index (χ0) is 13.2. The van der Waals surface area contributed by atoms with Crippen molar-refractivity contribution in [2.24, 2.45) is 5.92 Å². The van der Waals surface area contributed by atoms with Gasteiger partial charge in [0.2, 0.25) is 0 Å². The van der Waals surface area contributed by atoms with Gasteiger partial charge < -0.3 is 9.73 Å². The maximum atomic E-state index is 6.03. The van der Waals surface area contributed by atoms with E-state index < -0.39 is 0 Å². The number of hydrogen-bond acceptors (Lipinski definition) is 2. The van der Waals surface area contributed by atoms with E-state index in [0.29, 0.717) is 12.0 Å². The molecule has 2 aromatic rings. The molecule has 1 N–H and O–H groups in total. The normalized spacial score (nSPS) is 26.5. The standard InChI is InChI=1S/C17H23NO/c1-3-9-18-15-11-14(13(15)4-2)17-10-12-7-5-6-8-16(12)19-17/h5-8,10,13-15,18H,3-4,9,11H2,1-2H3. The monoisotopic (exact) mass is 257 g/mol. The van der Waals surface area contributed by atoms with Crippen LogP contribution in [0.5, 0.6) is 0 Å². The molecule has 0 bridgehead atoms. The second kappa shape index (κ2) is 5.38.